The van der Waals surface area contributed by atoms with Crippen molar-refractivity contribution >= 4 is 0 Å². The van der Waals surface area contributed by atoms with Crippen LogP contribution in [0.2, 0.25) is 0 Å². The van der Waals surface area contributed by atoms with Gasteiger partial charge in [0.1, 0.15) is 25.3 Å². The van der Waals surface area contributed by atoms with Crippen LogP contribution in [0.5, 0.6) is 0 Å². The standard InChI is InChI=1S/C10H26N4O2.4ClH/c11-3-1-5-13-7-9(15)10(16)8-14-6-2-4-12;;;;/h9-10,13-16H,1-8,11-12H2;4*1H/t9-,10+;;;;. The molecule has 12 N–H and O–H groups in total. The van der Waals surface area contributed by atoms with E-state index in [-0.39, 0.29) is 49.6 Å². The van der Waals surface area contributed by atoms with E-state index < -0.39 is 12.2 Å². The van der Waals surface area contributed by atoms with Gasteiger partial charge in [-0.25, -0.2) is 0 Å². The average molecular weight is 380 g/mol. The van der Waals surface area contributed by atoms with Crippen molar-refractivity contribution in [3.05, 3.63) is 0 Å². The summed E-state index contributed by atoms with van der Waals surface area (Å²) in [6.07, 6.45) is 0.860. The normalized spacial score (nSPS) is 12.0. The molecular formula is C10H30Cl4N4O2. The van der Waals surface area contributed by atoms with E-state index in [9.17, 15) is 10.2 Å². The quantitative estimate of drug-likeness (QED) is 0.199. The lowest BCUT2D eigenvalue weighted by Crippen LogP contribution is -3.00. The highest BCUT2D eigenvalue weighted by Crippen LogP contribution is 1.85. The van der Waals surface area contributed by atoms with Crippen LogP contribution in [0, 0.1) is 0 Å². The van der Waals surface area contributed by atoms with E-state index in [1.165, 1.54) is 0 Å². The first kappa shape index (κ1) is 32.8. The van der Waals surface area contributed by atoms with Gasteiger partial charge in [0.05, 0.1) is 26.2 Å². The van der Waals surface area contributed by atoms with Gasteiger partial charge in [-0.15, -0.1) is 0 Å². The Morgan fingerprint density at radius 3 is 1.25 bits per heavy atom. The summed E-state index contributed by atoms with van der Waals surface area (Å²) in [4.78, 5) is 0. The van der Waals surface area contributed by atoms with Crippen molar-refractivity contribution in [2.45, 2.75) is 25.0 Å². The molecule has 0 heterocycles. The lowest BCUT2D eigenvalue weighted by molar-refractivity contribution is -0.677. The smallest absolute Gasteiger partial charge is 0.134 e. The number of aliphatic hydroxyl groups excluding tert-OH is 2. The Balaban J connectivity index is -0.000000187. The van der Waals surface area contributed by atoms with Gasteiger partial charge < -0.3 is 81.9 Å². The SMILES string of the molecule is [Cl-].[Cl-].[Cl-].[Cl-].[NH3+]CCC[NH2+]C[C@@H](O)[C@@H](O)C[NH2+]CCC[NH3+]. The topological polar surface area (TPSA) is 129 Å². The molecule has 0 fully saturated rings. The number of rotatable bonds is 11. The Hall–Kier alpha value is 0.920. The maximum absolute atomic E-state index is 9.64. The Morgan fingerprint density at radius 2 is 1.00 bits per heavy atom. The van der Waals surface area contributed by atoms with E-state index in [0.717, 1.165) is 39.0 Å². The monoisotopic (exact) mass is 378 g/mol. The maximum atomic E-state index is 9.64. The van der Waals surface area contributed by atoms with Crippen molar-refractivity contribution in [2.75, 3.05) is 39.3 Å². The molecule has 10 heteroatoms. The summed E-state index contributed by atoms with van der Waals surface area (Å²) in [6, 6.07) is 0. The van der Waals surface area contributed by atoms with Crippen LogP contribution < -0.4 is 71.7 Å². The fourth-order valence-electron chi connectivity index (χ4n) is 1.47. The Bertz CT molecular complexity index is 147. The molecule has 0 radical (unpaired) electrons. The molecule has 0 aromatic carbocycles. The summed E-state index contributed by atoms with van der Waals surface area (Å²) in [6.45, 7) is 4.94. The van der Waals surface area contributed by atoms with E-state index in [1.807, 2.05) is 10.6 Å². The van der Waals surface area contributed by atoms with Crippen molar-refractivity contribution < 1.29 is 81.9 Å². The highest BCUT2D eigenvalue weighted by atomic mass is 35.5. The second kappa shape index (κ2) is 24.9. The van der Waals surface area contributed by atoms with Gasteiger partial charge in [-0.2, -0.15) is 0 Å². The minimum absolute atomic E-state index is 0. The molecule has 0 aromatic heterocycles. The van der Waals surface area contributed by atoms with Crippen molar-refractivity contribution in [1.29, 1.82) is 0 Å². The van der Waals surface area contributed by atoms with Crippen LogP contribution in [-0.2, 0) is 0 Å². The van der Waals surface area contributed by atoms with Gasteiger partial charge >= 0.3 is 0 Å². The van der Waals surface area contributed by atoms with Gasteiger partial charge in [0.25, 0.3) is 0 Å². The Morgan fingerprint density at radius 1 is 0.700 bits per heavy atom. The van der Waals surface area contributed by atoms with Crippen LogP contribution in [-0.4, -0.2) is 61.7 Å². The maximum Gasteiger partial charge on any atom is 0.134 e. The van der Waals surface area contributed by atoms with E-state index in [0.29, 0.717) is 13.1 Å². The third-order valence-corrected chi connectivity index (χ3v) is 2.58. The predicted molar refractivity (Wildman–Crippen MR) is 60.1 cm³/mol. The van der Waals surface area contributed by atoms with Crippen molar-refractivity contribution in [3.8, 4) is 0 Å². The summed E-state index contributed by atoms with van der Waals surface area (Å²) in [5.74, 6) is 0. The van der Waals surface area contributed by atoms with E-state index in [2.05, 4.69) is 11.5 Å². The molecule has 20 heavy (non-hydrogen) atoms. The van der Waals surface area contributed by atoms with Gasteiger partial charge in [0.15, 0.2) is 0 Å². The third-order valence-electron chi connectivity index (χ3n) is 2.58. The first-order valence-electron chi connectivity index (χ1n) is 6.30. The molecule has 0 aliphatic heterocycles. The van der Waals surface area contributed by atoms with E-state index in [4.69, 9.17) is 0 Å². The molecule has 0 rings (SSSR count). The first-order valence-corrected chi connectivity index (χ1v) is 6.30. The van der Waals surface area contributed by atoms with Crippen LogP contribution in [0.25, 0.3) is 0 Å². The number of quaternary nitrogens is 4. The molecule has 2 atom stereocenters. The highest BCUT2D eigenvalue weighted by molar-refractivity contribution is 4.62. The largest absolute Gasteiger partial charge is 1.00 e. The second-order valence-electron chi connectivity index (χ2n) is 4.18. The highest BCUT2D eigenvalue weighted by Gasteiger charge is 2.19. The zero-order valence-electron chi connectivity index (χ0n) is 11.8. The van der Waals surface area contributed by atoms with Crippen LogP contribution in [0.4, 0.5) is 0 Å². The van der Waals surface area contributed by atoms with Crippen molar-refractivity contribution in [1.82, 2.24) is 0 Å². The van der Waals surface area contributed by atoms with Crippen LogP contribution in [0.3, 0.4) is 0 Å². The lowest BCUT2D eigenvalue weighted by Gasteiger charge is -2.15. The van der Waals surface area contributed by atoms with Gasteiger partial charge in [-0.3, -0.25) is 0 Å². The second-order valence-corrected chi connectivity index (χ2v) is 4.18. The van der Waals surface area contributed by atoms with Crippen LogP contribution >= 0.6 is 0 Å². The number of hydrogen-bond acceptors (Lipinski definition) is 2. The zero-order chi connectivity index (χ0) is 12.2. The lowest BCUT2D eigenvalue weighted by atomic mass is 10.2. The number of halogens is 4. The number of nitrogens with two attached hydrogens (primary N) is 2. The third kappa shape index (κ3) is 21.2. The Kier molecular flexibility index (Phi) is 40.8. The number of hydrogen-bond donors (Lipinski definition) is 6. The fraction of sp³-hybridized carbons (Fsp3) is 1.00. The van der Waals surface area contributed by atoms with Crippen molar-refractivity contribution in [2.24, 2.45) is 0 Å². The summed E-state index contributed by atoms with van der Waals surface area (Å²) < 4.78 is 0. The average Bonchev–Trinajstić information content (AvgIpc) is 2.29. The summed E-state index contributed by atoms with van der Waals surface area (Å²) >= 11 is 0. The van der Waals surface area contributed by atoms with Crippen molar-refractivity contribution in [3.63, 3.8) is 0 Å². The molecule has 6 nitrogen and oxygen atoms in total. The van der Waals surface area contributed by atoms with Gasteiger partial charge in [0, 0.05) is 12.8 Å². The zero-order valence-corrected chi connectivity index (χ0v) is 14.8. The molecule has 0 unspecified atom stereocenters. The fourth-order valence-corrected chi connectivity index (χ4v) is 1.47. The molecule has 0 saturated heterocycles. The van der Waals surface area contributed by atoms with Gasteiger partial charge in [-0.1, -0.05) is 0 Å². The minimum atomic E-state index is -0.624. The molecule has 0 amide bonds. The molecule has 0 aliphatic carbocycles. The summed E-state index contributed by atoms with van der Waals surface area (Å²) in [5.41, 5.74) is 7.51. The molecule has 130 valence electrons. The van der Waals surface area contributed by atoms with E-state index >= 15 is 0 Å². The summed E-state index contributed by atoms with van der Waals surface area (Å²) in [5, 5.41) is 23.4. The van der Waals surface area contributed by atoms with Crippen LogP contribution in [0.1, 0.15) is 12.8 Å². The van der Waals surface area contributed by atoms with Gasteiger partial charge in [-0.05, 0) is 0 Å². The molecule has 0 bridgehead atoms. The van der Waals surface area contributed by atoms with E-state index in [1.54, 1.807) is 0 Å². The molecular weight excluding hydrogens is 350 g/mol. The van der Waals surface area contributed by atoms with Gasteiger partial charge in [0.2, 0.25) is 0 Å². The van der Waals surface area contributed by atoms with Crippen LogP contribution in [0.15, 0.2) is 0 Å². The molecule has 0 saturated carbocycles. The summed E-state index contributed by atoms with van der Waals surface area (Å²) in [7, 11) is 0. The predicted octanol–water partition coefficient (Wildman–Crippen LogP) is -17.9. The first-order chi connectivity index (χ1) is 7.72. The Labute approximate surface area is 146 Å². The molecule has 0 aliphatic rings. The molecule has 0 aromatic rings. The number of aliphatic hydroxyl groups is 2. The molecule has 0 spiro atoms. The minimum Gasteiger partial charge on any atom is -1.00 e.